The van der Waals surface area contributed by atoms with Gasteiger partial charge in [-0.05, 0) is 26.0 Å². The lowest BCUT2D eigenvalue weighted by Gasteiger charge is -2.36. The molecule has 1 heterocycles. The van der Waals surface area contributed by atoms with Crippen LogP contribution in [0.1, 0.15) is 13.8 Å². The van der Waals surface area contributed by atoms with E-state index in [0.29, 0.717) is 0 Å². The summed E-state index contributed by atoms with van der Waals surface area (Å²) in [6.07, 6.45) is 0.989. The predicted octanol–water partition coefficient (Wildman–Crippen LogP) is 2.55. The number of carbonyl (C=O) groups is 1. The van der Waals surface area contributed by atoms with Gasteiger partial charge in [-0.3, -0.25) is 0 Å². The molecule has 0 saturated heterocycles. The largest absolute Gasteiger partial charge is 0.373 e. The Bertz CT molecular complexity index is 362. The molecule has 1 unspecified atom stereocenters. The molecule has 0 saturated carbocycles. The molecular formula is C11H13NOS. The number of carbonyl (C=O) groups excluding carboxylic acids is 1. The molecule has 1 aliphatic rings. The van der Waals surface area contributed by atoms with Crippen molar-refractivity contribution in [2.75, 3.05) is 5.32 Å². The van der Waals surface area contributed by atoms with Crippen LogP contribution in [0.15, 0.2) is 29.2 Å². The molecule has 0 aromatic heterocycles. The molecule has 2 rings (SSSR count). The number of hydrogen-bond donors (Lipinski definition) is 1. The first-order valence-corrected chi connectivity index (χ1v) is 5.45. The van der Waals surface area contributed by atoms with Gasteiger partial charge in [0.1, 0.15) is 6.29 Å². The molecule has 0 aliphatic carbocycles. The number of para-hydroxylation sites is 1. The van der Waals surface area contributed by atoms with E-state index in [4.69, 9.17) is 0 Å². The summed E-state index contributed by atoms with van der Waals surface area (Å²) in [5, 5.41) is 3.25. The standard InChI is InChI=1S/C11H13NOS/c1-11(2)10(7-13)12-8-5-3-4-6-9(8)14-11/h3-7,10,12H,1-2H3. The third kappa shape index (κ3) is 1.52. The molecule has 0 bridgehead atoms. The summed E-state index contributed by atoms with van der Waals surface area (Å²) >= 11 is 1.75. The van der Waals surface area contributed by atoms with E-state index in [-0.39, 0.29) is 10.8 Å². The maximum absolute atomic E-state index is 10.9. The Balaban J connectivity index is 2.39. The fraction of sp³-hybridized carbons (Fsp3) is 0.364. The van der Waals surface area contributed by atoms with E-state index < -0.39 is 0 Å². The molecule has 0 fully saturated rings. The monoisotopic (exact) mass is 207 g/mol. The van der Waals surface area contributed by atoms with Crippen LogP contribution in [-0.2, 0) is 4.79 Å². The second-order valence-electron chi connectivity index (χ2n) is 3.96. The highest BCUT2D eigenvalue weighted by Crippen LogP contribution is 2.43. The van der Waals surface area contributed by atoms with Crippen LogP contribution >= 0.6 is 11.8 Å². The average Bonchev–Trinajstić information content (AvgIpc) is 2.15. The van der Waals surface area contributed by atoms with E-state index in [1.807, 2.05) is 18.2 Å². The zero-order valence-electron chi connectivity index (χ0n) is 8.28. The number of anilines is 1. The van der Waals surface area contributed by atoms with Gasteiger partial charge in [0, 0.05) is 15.3 Å². The number of nitrogens with one attached hydrogen (secondary N) is 1. The second kappa shape index (κ2) is 3.31. The minimum absolute atomic E-state index is 0.0733. The first-order valence-electron chi connectivity index (χ1n) is 4.63. The van der Waals surface area contributed by atoms with Gasteiger partial charge in [-0.15, -0.1) is 11.8 Å². The summed E-state index contributed by atoms with van der Waals surface area (Å²) in [4.78, 5) is 12.1. The van der Waals surface area contributed by atoms with Crippen LogP contribution in [0.2, 0.25) is 0 Å². The van der Waals surface area contributed by atoms with Crippen LogP contribution < -0.4 is 5.32 Å². The van der Waals surface area contributed by atoms with Crippen molar-refractivity contribution in [3.63, 3.8) is 0 Å². The summed E-state index contributed by atoms with van der Waals surface area (Å²) in [7, 11) is 0. The molecule has 1 aromatic carbocycles. The lowest BCUT2D eigenvalue weighted by molar-refractivity contribution is -0.108. The molecule has 0 amide bonds. The van der Waals surface area contributed by atoms with E-state index in [1.54, 1.807) is 11.8 Å². The summed E-state index contributed by atoms with van der Waals surface area (Å²) in [6.45, 7) is 4.17. The molecule has 74 valence electrons. The Morgan fingerprint density at radius 1 is 1.43 bits per heavy atom. The summed E-state index contributed by atoms with van der Waals surface area (Å²) in [6, 6.07) is 7.98. The van der Waals surface area contributed by atoms with Gasteiger partial charge in [-0.25, -0.2) is 0 Å². The van der Waals surface area contributed by atoms with Gasteiger partial charge in [0.15, 0.2) is 0 Å². The number of hydrogen-bond acceptors (Lipinski definition) is 3. The molecule has 1 N–H and O–H groups in total. The molecule has 1 atom stereocenters. The van der Waals surface area contributed by atoms with Gasteiger partial charge in [-0.2, -0.15) is 0 Å². The average molecular weight is 207 g/mol. The van der Waals surface area contributed by atoms with Crippen LogP contribution in [0.4, 0.5) is 5.69 Å². The Labute approximate surface area is 88.1 Å². The van der Waals surface area contributed by atoms with Crippen molar-refractivity contribution in [2.24, 2.45) is 0 Å². The molecule has 2 nitrogen and oxygen atoms in total. The molecule has 0 spiro atoms. The van der Waals surface area contributed by atoms with Crippen LogP contribution in [0, 0.1) is 0 Å². The van der Waals surface area contributed by atoms with E-state index in [9.17, 15) is 4.79 Å². The smallest absolute Gasteiger partial charge is 0.143 e. The predicted molar refractivity (Wildman–Crippen MR) is 59.9 cm³/mol. The summed E-state index contributed by atoms with van der Waals surface area (Å²) in [5.74, 6) is 0. The van der Waals surface area contributed by atoms with Crippen LogP contribution in [0.3, 0.4) is 0 Å². The first kappa shape index (κ1) is 9.59. The molecule has 0 radical (unpaired) electrons. The van der Waals surface area contributed by atoms with Crippen molar-refractivity contribution < 1.29 is 4.79 Å². The number of rotatable bonds is 1. The molecule has 3 heteroatoms. The van der Waals surface area contributed by atoms with Gasteiger partial charge < -0.3 is 10.1 Å². The number of benzene rings is 1. The van der Waals surface area contributed by atoms with Gasteiger partial charge in [0.2, 0.25) is 0 Å². The third-order valence-corrected chi connectivity index (χ3v) is 3.81. The lowest BCUT2D eigenvalue weighted by Crippen LogP contribution is -2.43. The highest BCUT2D eigenvalue weighted by atomic mass is 32.2. The minimum atomic E-state index is -0.109. The topological polar surface area (TPSA) is 29.1 Å². The quantitative estimate of drug-likeness (QED) is 0.717. The Hall–Kier alpha value is -0.960. The van der Waals surface area contributed by atoms with Crippen molar-refractivity contribution in [3.05, 3.63) is 24.3 Å². The molecular weight excluding hydrogens is 194 g/mol. The number of fused-ring (bicyclic) bond motifs is 1. The van der Waals surface area contributed by atoms with E-state index in [0.717, 1.165) is 12.0 Å². The summed E-state index contributed by atoms with van der Waals surface area (Å²) in [5.41, 5.74) is 1.06. The van der Waals surface area contributed by atoms with Crippen molar-refractivity contribution in [2.45, 2.75) is 29.5 Å². The van der Waals surface area contributed by atoms with Crippen molar-refractivity contribution >= 4 is 23.7 Å². The zero-order valence-corrected chi connectivity index (χ0v) is 9.10. The number of thioether (sulfide) groups is 1. The van der Waals surface area contributed by atoms with E-state index in [1.165, 1.54) is 4.90 Å². The molecule has 1 aromatic rings. The number of aldehydes is 1. The normalized spacial score (nSPS) is 23.4. The van der Waals surface area contributed by atoms with Gasteiger partial charge >= 0.3 is 0 Å². The van der Waals surface area contributed by atoms with Gasteiger partial charge in [0.25, 0.3) is 0 Å². The Morgan fingerprint density at radius 3 is 2.86 bits per heavy atom. The van der Waals surface area contributed by atoms with E-state index in [2.05, 4.69) is 25.2 Å². The first-order chi connectivity index (χ1) is 6.63. The maximum atomic E-state index is 10.9. The van der Waals surface area contributed by atoms with Crippen LogP contribution in [0.5, 0.6) is 0 Å². The summed E-state index contributed by atoms with van der Waals surface area (Å²) < 4.78 is -0.0733. The molecule has 1 aliphatic heterocycles. The van der Waals surface area contributed by atoms with Gasteiger partial charge in [0.05, 0.1) is 6.04 Å². The highest BCUT2D eigenvalue weighted by molar-refractivity contribution is 8.01. The van der Waals surface area contributed by atoms with E-state index >= 15 is 0 Å². The second-order valence-corrected chi connectivity index (χ2v) is 5.66. The van der Waals surface area contributed by atoms with Crippen molar-refractivity contribution in [3.8, 4) is 0 Å². The molecule has 14 heavy (non-hydrogen) atoms. The maximum Gasteiger partial charge on any atom is 0.143 e. The zero-order chi connectivity index (χ0) is 10.2. The Morgan fingerprint density at radius 2 is 2.14 bits per heavy atom. The lowest BCUT2D eigenvalue weighted by atomic mass is 10.0. The SMILES string of the molecule is CC1(C)Sc2ccccc2NC1C=O. The Kier molecular flexibility index (Phi) is 2.27. The fourth-order valence-electron chi connectivity index (χ4n) is 1.56. The minimum Gasteiger partial charge on any atom is -0.373 e. The van der Waals surface area contributed by atoms with Gasteiger partial charge in [-0.1, -0.05) is 12.1 Å². The highest BCUT2D eigenvalue weighted by Gasteiger charge is 2.35. The third-order valence-electron chi connectivity index (χ3n) is 2.46. The van der Waals surface area contributed by atoms with Crippen molar-refractivity contribution in [1.29, 1.82) is 0 Å². The van der Waals surface area contributed by atoms with Crippen LogP contribution in [-0.4, -0.2) is 17.1 Å². The van der Waals surface area contributed by atoms with Crippen LogP contribution in [0.25, 0.3) is 0 Å². The van der Waals surface area contributed by atoms with Crippen molar-refractivity contribution in [1.82, 2.24) is 0 Å². The fourth-order valence-corrected chi connectivity index (χ4v) is 2.75.